The molecule has 1 amide bonds. The number of benzene rings is 1. The number of carbonyl (C=O) groups is 1. The molecule has 0 spiro atoms. The van der Waals surface area contributed by atoms with Gasteiger partial charge in [0.2, 0.25) is 5.91 Å². The zero-order valence-electron chi connectivity index (χ0n) is 11.4. The highest BCUT2D eigenvalue weighted by Gasteiger charge is 2.20. The Kier molecular flexibility index (Phi) is 4.14. The molecular formula is C14H17FN4O. The lowest BCUT2D eigenvalue weighted by Gasteiger charge is -2.17. The van der Waals surface area contributed by atoms with E-state index in [1.807, 2.05) is 0 Å². The number of amides is 1. The molecule has 6 heteroatoms. The molecule has 3 N–H and O–H groups in total. The maximum Gasteiger partial charge on any atom is 0.242 e. The molecule has 1 unspecified atom stereocenters. The number of rotatable bonds is 4. The summed E-state index contributed by atoms with van der Waals surface area (Å²) in [5.41, 5.74) is 6.90. The van der Waals surface area contributed by atoms with E-state index in [9.17, 15) is 9.18 Å². The van der Waals surface area contributed by atoms with E-state index in [4.69, 9.17) is 5.73 Å². The maximum absolute atomic E-state index is 13.6. The van der Waals surface area contributed by atoms with Gasteiger partial charge in [0.15, 0.2) is 0 Å². The highest BCUT2D eigenvalue weighted by molar-refractivity contribution is 5.83. The minimum Gasteiger partial charge on any atom is -0.348 e. The molecular weight excluding hydrogens is 259 g/mol. The summed E-state index contributed by atoms with van der Waals surface area (Å²) < 4.78 is 15.2. The monoisotopic (exact) mass is 276 g/mol. The van der Waals surface area contributed by atoms with Gasteiger partial charge in [-0.3, -0.25) is 9.48 Å². The highest BCUT2D eigenvalue weighted by Crippen LogP contribution is 2.17. The molecule has 0 aliphatic rings. The molecule has 1 heterocycles. The standard InChI is InChI=1S/C14H17FN4O/c1-9(11-5-3-4-6-12(11)15)18-14(20)13(16)10-7-17-19(2)8-10/h3-9,13H,16H2,1-2H3,(H,18,20)/t9-,13?/m1/s1. The SMILES string of the molecule is C[C@@H](NC(=O)C(N)c1cnn(C)c1)c1ccccc1F. The Labute approximate surface area is 116 Å². The number of aromatic nitrogens is 2. The van der Waals surface area contributed by atoms with E-state index in [1.165, 1.54) is 12.3 Å². The Hall–Kier alpha value is -2.21. The minimum absolute atomic E-state index is 0.352. The van der Waals surface area contributed by atoms with Crippen molar-refractivity contribution in [3.05, 3.63) is 53.6 Å². The number of nitrogens with zero attached hydrogens (tertiary/aromatic N) is 2. The van der Waals surface area contributed by atoms with E-state index in [0.717, 1.165) is 0 Å². The Bertz CT molecular complexity index is 611. The van der Waals surface area contributed by atoms with Crippen LogP contribution in [0, 0.1) is 5.82 Å². The maximum atomic E-state index is 13.6. The lowest BCUT2D eigenvalue weighted by molar-refractivity contribution is -0.123. The van der Waals surface area contributed by atoms with Crippen LogP contribution >= 0.6 is 0 Å². The van der Waals surface area contributed by atoms with E-state index < -0.39 is 12.1 Å². The largest absolute Gasteiger partial charge is 0.348 e. The number of hydrogen-bond acceptors (Lipinski definition) is 3. The van der Waals surface area contributed by atoms with Gasteiger partial charge in [0.1, 0.15) is 11.9 Å². The molecule has 2 atom stereocenters. The van der Waals surface area contributed by atoms with E-state index in [-0.39, 0.29) is 11.7 Å². The van der Waals surface area contributed by atoms with Crippen molar-refractivity contribution in [2.45, 2.75) is 19.0 Å². The molecule has 2 rings (SSSR count). The van der Waals surface area contributed by atoms with Crippen molar-refractivity contribution in [2.24, 2.45) is 12.8 Å². The molecule has 5 nitrogen and oxygen atoms in total. The second-order valence-electron chi connectivity index (χ2n) is 4.68. The topological polar surface area (TPSA) is 72.9 Å². The normalized spacial score (nSPS) is 13.8. The van der Waals surface area contributed by atoms with Gasteiger partial charge in [-0.1, -0.05) is 18.2 Å². The number of nitrogens with one attached hydrogen (secondary N) is 1. The molecule has 106 valence electrons. The van der Waals surface area contributed by atoms with Gasteiger partial charge in [-0.05, 0) is 13.0 Å². The molecule has 20 heavy (non-hydrogen) atoms. The first-order valence-electron chi connectivity index (χ1n) is 6.28. The lowest BCUT2D eigenvalue weighted by atomic mass is 10.1. The average Bonchev–Trinajstić information content (AvgIpc) is 2.84. The van der Waals surface area contributed by atoms with Gasteiger partial charge in [0, 0.05) is 24.4 Å². The fraction of sp³-hybridized carbons (Fsp3) is 0.286. The van der Waals surface area contributed by atoms with E-state index in [1.54, 1.807) is 43.0 Å². The molecule has 0 bridgehead atoms. The van der Waals surface area contributed by atoms with Crippen LogP contribution in [0.25, 0.3) is 0 Å². The number of hydrogen-bond donors (Lipinski definition) is 2. The van der Waals surface area contributed by atoms with Crippen LogP contribution in [0.2, 0.25) is 0 Å². The lowest BCUT2D eigenvalue weighted by Crippen LogP contribution is -2.35. The minimum atomic E-state index is -0.821. The van der Waals surface area contributed by atoms with Crippen LogP contribution < -0.4 is 11.1 Å². The summed E-state index contributed by atoms with van der Waals surface area (Å²) in [5, 5.41) is 6.67. The van der Waals surface area contributed by atoms with Crippen LogP contribution in [0.4, 0.5) is 4.39 Å². The van der Waals surface area contributed by atoms with Gasteiger partial charge in [-0.2, -0.15) is 5.10 Å². The molecule has 1 aromatic carbocycles. The Balaban J connectivity index is 2.06. The molecule has 0 saturated heterocycles. The third kappa shape index (κ3) is 3.03. The van der Waals surface area contributed by atoms with Crippen LogP contribution in [0.3, 0.4) is 0 Å². The second kappa shape index (κ2) is 5.83. The van der Waals surface area contributed by atoms with Crippen molar-refractivity contribution in [3.63, 3.8) is 0 Å². The van der Waals surface area contributed by atoms with E-state index in [2.05, 4.69) is 10.4 Å². The summed E-state index contributed by atoms with van der Waals surface area (Å²) in [6, 6.07) is 5.05. The van der Waals surface area contributed by atoms with Crippen molar-refractivity contribution >= 4 is 5.91 Å². The smallest absolute Gasteiger partial charge is 0.242 e. The van der Waals surface area contributed by atoms with Gasteiger partial charge in [-0.25, -0.2) is 4.39 Å². The molecule has 0 radical (unpaired) electrons. The van der Waals surface area contributed by atoms with Crippen molar-refractivity contribution < 1.29 is 9.18 Å². The molecule has 0 saturated carbocycles. The van der Waals surface area contributed by atoms with Gasteiger partial charge >= 0.3 is 0 Å². The van der Waals surface area contributed by atoms with Crippen molar-refractivity contribution in [1.82, 2.24) is 15.1 Å². The predicted molar refractivity (Wildman–Crippen MR) is 73.1 cm³/mol. The number of aryl methyl sites for hydroxylation is 1. The Morgan fingerprint density at radius 2 is 2.15 bits per heavy atom. The van der Waals surface area contributed by atoms with Crippen molar-refractivity contribution in [3.8, 4) is 0 Å². The number of nitrogens with two attached hydrogens (primary N) is 1. The third-order valence-corrected chi connectivity index (χ3v) is 3.10. The molecule has 0 aliphatic carbocycles. The second-order valence-corrected chi connectivity index (χ2v) is 4.68. The van der Waals surface area contributed by atoms with Crippen LogP contribution in [-0.4, -0.2) is 15.7 Å². The third-order valence-electron chi connectivity index (χ3n) is 3.10. The van der Waals surface area contributed by atoms with Gasteiger partial charge in [-0.15, -0.1) is 0 Å². The molecule has 0 fully saturated rings. The molecule has 1 aromatic heterocycles. The van der Waals surface area contributed by atoms with Crippen LogP contribution in [0.1, 0.15) is 30.1 Å². The van der Waals surface area contributed by atoms with Crippen LogP contribution in [0.15, 0.2) is 36.7 Å². The molecule has 0 aliphatic heterocycles. The summed E-state index contributed by atoms with van der Waals surface area (Å²) in [7, 11) is 1.75. The van der Waals surface area contributed by atoms with Crippen LogP contribution in [-0.2, 0) is 11.8 Å². The first kappa shape index (κ1) is 14.2. The number of carbonyl (C=O) groups excluding carboxylic acids is 1. The fourth-order valence-corrected chi connectivity index (χ4v) is 1.96. The summed E-state index contributed by atoms with van der Waals surface area (Å²) in [6.45, 7) is 1.71. The Morgan fingerprint density at radius 3 is 2.75 bits per heavy atom. The zero-order chi connectivity index (χ0) is 14.7. The van der Waals surface area contributed by atoms with E-state index >= 15 is 0 Å². The number of halogens is 1. The quantitative estimate of drug-likeness (QED) is 0.887. The summed E-state index contributed by atoms with van der Waals surface area (Å²) in [5.74, 6) is -0.719. The first-order valence-corrected chi connectivity index (χ1v) is 6.28. The highest BCUT2D eigenvalue weighted by atomic mass is 19.1. The van der Waals surface area contributed by atoms with Crippen molar-refractivity contribution in [1.29, 1.82) is 0 Å². The van der Waals surface area contributed by atoms with Crippen LogP contribution in [0.5, 0.6) is 0 Å². The predicted octanol–water partition coefficient (Wildman–Crippen LogP) is 1.44. The van der Waals surface area contributed by atoms with E-state index in [0.29, 0.717) is 11.1 Å². The van der Waals surface area contributed by atoms with Crippen molar-refractivity contribution in [2.75, 3.05) is 0 Å². The summed E-state index contributed by atoms with van der Waals surface area (Å²) in [6.07, 6.45) is 3.22. The summed E-state index contributed by atoms with van der Waals surface area (Å²) in [4.78, 5) is 12.1. The van der Waals surface area contributed by atoms with Gasteiger partial charge in [0.05, 0.1) is 12.2 Å². The molecule has 2 aromatic rings. The van der Waals surface area contributed by atoms with Gasteiger partial charge in [0.25, 0.3) is 0 Å². The average molecular weight is 276 g/mol. The zero-order valence-corrected chi connectivity index (χ0v) is 11.4. The Morgan fingerprint density at radius 1 is 1.45 bits per heavy atom. The first-order chi connectivity index (χ1) is 9.49. The van der Waals surface area contributed by atoms with Gasteiger partial charge < -0.3 is 11.1 Å². The summed E-state index contributed by atoms with van der Waals surface area (Å²) >= 11 is 0. The fourth-order valence-electron chi connectivity index (χ4n) is 1.96.